The molecule has 0 spiro atoms. The van der Waals surface area contributed by atoms with Gasteiger partial charge in [-0.25, -0.2) is 0 Å². The van der Waals surface area contributed by atoms with Crippen molar-refractivity contribution < 1.29 is 9.53 Å². The van der Waals surface area contributed by atoms with E-state index in [0.29, 0.717) is 19.6 Å². The van der Waals surface area contributed by atoms with Crippen LogP contribution in [-0.2, 0) is 22.6 Å². The quantitative estimate of drug-likeness (QED) is 0.922. The van der Waals surface area contributed by atoms with Crippen molar-refractivity contribution in [1.82, 2.24) is 10.3 Å². The molecule has 2 aliphatic heterocycles. The minimum Gasteiger partial charge on any atom is -0.375 e. The average molecular weight is 309 g/mol. The first-order valence-electron chi connectivity index (χ1n) is 7.80. The fourth-order valence-electron chi connectivity index (χ4n) is 3.46. The third-order valence-electron chi connectivity index (χ3n) is 4.81. The van der Waals surface area contributed by atoms with E-state index in [-0.39, 0.29) is 11.9 Å². The second-order valence-corrected chi connectivity index (χ2v) is 6.08. The number of aromatic nitrogens is 1. The number of carbonyl (C=O) groups excluding carboxylic acids is 1. The van der Waals surface area contributed by atoms with Crippen LogP contribution in [0.1, 0.15) is 22.7 Å². The summed E-state index contributed by atoms with van der Waals surface area (Å²) in [6.45, 7) is 1.26. The lowest BCUT2D eigenvalue weighted by molar-refractivity contribution is -0.117. The Balaban J connectivity index is 1.81. The number of fused-ring (bicyclic) bond motifs is 2. The van der Waals surface area contributed by atoms with Crippen LogP contribution >= 0.6 is 0 Å². The molecule has 0 fully saturated rings. The molecule has 3 heterocycles. The summed E-state index contributed by atoms with van der Waals surface area (Å²) in [5, 5.41) is 3.28. The molecule has 5 heteroatoms. The van der Waals surface area contributed by atoms with E-state index in [1.54, 1.807) is 4.90 Å². The van der Waals surface area contributed by atoms with E-state index >= 15 is 0 Å². The topological polar surface area (TPSA) is 54.5 Å². The molecule has 1 unspecified atom stereocenters. The number of benzene rings is 1. The number of amides is 1. The molecular formula is C18H19N3O2. The second-order valence-electron chi connectivity index (χ2n) is 6.08. The molecule has 118 valence electrons. The fourth-order valence-corrected chi connectivity index (χ4v) is 3.46. The minimum atomic E-state index is 0.143. The van der Waals surface area contributed by atoms with Crippen molar-refractivity contribution in [3.63, 3.8) is 0 Å². The Hall–Kier alpha value is -2.24. The lowest BCUT2D eigenvalue weighted by Gasteiger charge is -2.27. The molecule has 0 aliphatic carbocycles. The van der Waals surface area contributed by atoms with E-state index in [9.17, 15) is 4.79 Å². The summed E-state index contributed by atoms with van der Waals surface area (Å²) >= 11 is 0. The maximum absolute atomic E-state index is 11.9. The maximum atomic E-state index is 11.9. The molecule has 2 aliphatic rings. The molecule has 0 radical (unpaired) electrons. The van der Waals surface area contributed by atoms with Crippen LogP contribution in [0.5, 0.6) is 0 Å². The van der Waals surface area contributed by atoms with Gasteiger partial charge in [0.15, 0.2) is 0 Å². The van der Waals surface area contributed by atoms with Crippen LogP contribution in [0.25, 0.3) is 11.1 Å². The lowest BCUT2D eigenvalue weighted by Crippen LogP contribution is -2.27. The first-order valence-corrected chi connectivity index (χ1v) is 7.80. The van der Waals surface area contributed by atoms with Crippen molar-refractivity contribution >= 4 is 11.6 Å². The number of carbonyl (C=O) groups is 1. The van der Waals surface area contributed by atoms with Gasteiger partial charge in [0.2, 0.25) is 5.91 Å². The molecule has 0 saturated heterocycles. The number of likely N-dealkylation sites (N-methyl/N-ethyl adjacent to an activating group) is 2. The van der Waals surface area contributed by atoms with Gasteiger partial charge in [-0.2, -0.15) is 0 Å². The van der Waals surface area contributed by atoms with Crippen molar-refractivity contribution in [3.05, 3.63) is 47.3 Å². The van der Waals surface area contributed by atoms with E-state index < -0.39 is 0 Å². The number of hydrogen-bond acceptors (Lipinski definition) is 4. The highest BCUT2D eigenvalue weighted by molar-refractivity contribution is 6.01. The summed E-state index contributed by atoms with van der Waals surface area (Å²) in [4.78, 5) is 18.0. The van der Waals surface area contributed by atoms with Crippen LogP contribution in [-0.4, -0.2) is 31.6 Å². The molecule has 1 aromatic heterocycles. The Labute approximate surface area is 135 Å². The summed E-state index contributed by atoms with van der Waals surface area (Å²) in [6.07, 6.45) is 4.29. The van der Waals surface area contributed by atoms with Crippen molar-refractivity contribution in [2.45, 2.75) is 19.1 Å². The Morgan fingerprint density at radius 2 is 2.22 bits per heavy atom. The zero-order valence-electron chi connectivity index (χ0n) is 13.3. The van der Waals surface area contributed by atoms with Gasteiger partial charge in [0.05, 0.1) is 25.7 Å². The monoisotopic (exact) mass is 309 g/mol. The Morgan fingerprint density at radius 3 is 3.04 bits per heavy atom. The Bertz CT molecular complexity index is 788. The van der Waals surface area contributed by atoms with Crippen LogP contribution in [0.2, 0.25) is 0 Å². The first-order chi connectivity index (χ1) is 11.2. The molecule has 23 heavy (non-hydrogen) atoms. The number of nitrogens with zero attached hydrogens (tertiary/aromatic N) is 2. The van der Waals surface area contributed by atoms with Crippen LogP contribution in [0.3, 0.4) is 0 Å². The zero-order chi connectivity index (χ0) is 16.0. The summed E-state index contributed by atoms with van der Waals surface area (Å²) in [6, 6.07) is 6.37. The summed E-state index contributed by atoms with van der Waals surface area (Å²) < 4.78 is 5.74. The van der Waals surface area contributed by atoms with Gasteiger partial charge in [0, 0.05) is 30.7 Å². The second kappa shape index (κ2) is 5.44. The largest absolute Gasteiger partial charge is 0.375 e. The summed E-state index contributed by atoms with van der Waals surface area (Å²) in [5.41, 5.74) is 6.65. The van der Waals surface area contributed by atoms with E-state index in [1.165, 1.54) is 11.1 Å². The highest BCUT2D eigenvalue weighted by atomic mass is 16.5. The van der Waals surface area contributed by atoms with Crippen molar-refractivity contribution in [3.8, 4) is 11.1 Å². The molecule has 5 nitrogen and oxygen atoms in total. The third-order valence-corrected chi connectivity index (χ3v) is 4.81. The molecule has 4 rings (SSSR count). The molecule has 1 N–H and O–H groups in total. The molecule has 1 atom stereocenters. The number of nitrogens with one attached hydrogen (secondary N) is 1. The zero-order valence-corrected chi connectivity index (χ0v) is 13.3. The van der Waals surface area contributed by atoms with Crippen LogP contribution in [0.4, 0.5) is 5.69 Å². The van der Waals surface area contributed by atoms with Crippen LogP contribution < -0.4 is 10.2 Å². The minimum absolute atomic E-state index is 0.143. The van der Waals surface area contributed by atoms with Gasteiger partial charge in [-0.05, 0) is 41.4 Å². The standard InChI is InChI=1S/C18H19N3O2/c1-19-16-10-23-9-15-13(7-20-8-14(15)16)11-3-4-17-12(5-11)6-18(22)21(17)2/h3-5,7-8,16,19H,6,9-10H2,1-2H3. The predicted octanol–water partition coefficient (Wildman–Crippen LogP) is 2.06. The molecular weight excluding hydrogens is 290 g/mol. The predicted molar refractivity (Wildman–Crippen MR) is 88.2 cm³/mol. The number of ether oxygens (including phenoxy) is 1. The van der Waals surface area contributed by atoms with Gasteiger partial charge in [0.1, 0.15) is 0 Å². The van der Waals surface area contributed by atoms with E-state index in [0.717, 1.165) is 22.4 Å². The number of hydrogen-bond donors (Lipinski definition) is 1. The van der Waals surface area contributed by atoms with E-state index in [4.69, 9.17) is 4.74 Å². The first kappa shape index (κ1) is 14.4. The van der Waals surface area contributed by atoms with Gasteiger partial charge < -0.3 is 15.0 Å². The van der Waals surface area contributed by atoms with Gasteiger partial charge >= 0.3 is 0 Å². The Kier molecular flexibility index (Phi) is 3.39. The molecule has 0 bridgehead atoms. The summed E-state index contributed by atoms with van der Waals surface area (Å²) in [5.74, 6) is 0.143. The molecule has 0 saturated carbocycles. The van der Waals surface area contributed by atoms with Gasteiger partial charge in [-0.1, -0.05) is 6.07 Å². The average Bonchev–Trinajstić information content (AvgIpc) is 2.87. The SMILES string of the molecule is CNC1COCc2c(-c3ccc4c(c3)CC(=O)N4C)cncc21. The number of rotatable bonds is 2. The highest BCUT2D eigenvalue weighted by Gasteiger charge is 2.26. The highest BCUT2D eigenvalue weighted by Crippen LogP contribution is 2.36. The smallest absolute Gasteiger partial charge is 0.231 e. The molecule has 1 amide bonds. The Morgan fingerprint density at radius 1 is 1.35 bits per heavy atom. The van der Waals surface area contributed by atoms with E-state index in [2.05, 4.69) is 22.4 Å². The number of pyridine rings is 1. The normalized spacial score (nSPS) is 19.7. The van der Waals surface area contributed by atoms with Gasteiger partial charge in [-0.3, -0.25) is 9.78 Å². The van der Waals surface area contributed by atoms with Gasteiger partial charge in [0.25, 0.3) is 0 Å². The molecule has 1 aromatic carbocycles. The van der Waals surface area contributed by atoms with Crippen molar-refractivity contribution in [2.75, 3.05) is 25.6 Å². The molecule has 2 aromatic rings. The number of anilines is 1. The third kappa shape index (κ3) is 2.24. The van der Waals surface area contributed by atoms with Crippen molar-refractivity contribution in [1.29, 1.82) is 0 Å². The van der Waals surface area contributed by atoms with Crippen LogP contribution in [0.15, 0.2) is 30.6 Å². The van der Waals surface area contributed by atoms with Crippen molar-refractivity contribution in [2.24, 2.45) is 0 Å². The fraction of sp³-hybridized carbons (Fsp3) is 0.333. The van der Waals surface area contributed by atoms with Crippen LogP contribution in [0, 0.1) is 0 Å². The van der Waals surface area contributed by atoms with E-state index in [1.807, 2.05) is 32.6 Å². The maximum Gasteiger partial charge on any atom is 0.231 e. The summed E-state index contributed by atoms with van der Waals surface area (Å²) in [7, 11) is 3.76. The lowest BCUT2D eigenvalue weighted by atomic mass is 9.92. The van der Waals surface area contributed by atoms with Gasteiger partial charge in [-0.15, -0.1) is 0 Å².